The molecule has 2 unspecified atom stereocenters. The molecule has 1 aliphatic rings. The molecule has 5 rings (SSSR count). The molecule has 0 spiro atoms. The van der Waals surface area contributed by atoms with Gasteiger partial charge >= 0.3 is 0 Å². The Morgan fingerprint density at radius 1 is 0.846 bits per heavy atom. The number of carbonyl (C=O) groups excluding carboxylic acids is 1. The monoisotopic (exact) mass is 338 g/mol. The van der Waals surface area contributed by atoms with Crippen molar-refractivity contribution in [1.29, 1.82) is 0 Å². The molecule has 1 aromatic heterocycles. The van der Waals surface area contributed by atoms with Crippen LogP contribution in [-0.4, -0.2) is 11.3 Å². The van der Waals surface area contributed by atoms with Crippen LogP contribution in [0.5, 0.6) is 0 Å². The molecule has 2 heterocycles. The minimum atomic E-state index is -0.633. The molecule has 0 aliphatic carbocycles. The quantitative estimate of drug-likeness (QED) is 0.526. The highest BCUT2D eigenvalue weighted by atomic mass is 16.1. The second kappa shape index (κ2) is 5.60. The Balaban J connectivity index is 1.86. The zero-order valence-corrected chi connectivity index (χ0v) is 14.1. The van der Waals surface area contributed by atoms with E-state index in [0.29, 0.717) is 0 Å². The number of anilines is 1. The highest BCUT2D eigenvalue weighted by molar-refractivity contribution is 5.90. The third kappa shape index (κ3) is 1.91. The number of H-pyrrole nitrogens is 1. The van der Waals surface area contributed by atoms with Crippen molar-refractivity contribution < 1.29 is 4.79 Å². The first-order chi connectivity index (χ1) is 12.8. The van der Waals surface area contributed by atoms with Gasteiger partial charge in [-0.25, -0.2) is 0 Å². The largest absolute Gasteiger partial charge is 0.370 e. The van der Waals surface area contributed by atoms with E-state index in [2.05, 4.69) is 34.6 Å². The highest BCUT2D eigenvalue weighted by Gasteiger charge is 2.49. The van der Waals surface area contributed by atoms with E-state index >= 15 is 0 Å². The molecule has 0 bridgehead atoms. The van der Waals surface area contributed by atoms with E-state index in [4.69, 9.17) is 0 Å². The minimum absolute atomic E-state index is 0.305. The number of nitrogens with one attached hydrogen (secondary N) is 2. The van der Waals surface area contributed by atoms with Crippen LogP contribution < -0.4 is 5.32 Å². The summed E-state index contributed by atoms with van der Waals surface area (Å²) in [6, 6.07) is 26.6. The molecule has 2 atom stereocenters. The lowest BCUT2D eigenvalue weighted by atomic mass is 9.73. The molecule has 0 saturated carbocycles. The molecule has 3 nitrogen and oxygen atoms in total. The summed E-state index contributed by atoms with van der Waals surface area (Å²) >= 11 is 0. The second-order valence-electron chi connectivity index (χ2n) is 6.75. The van der Waals surface area contributed by atoms with Crippen molar-refractivity contribution in [3.63, 3.8) is 0 Å². The van der Waals surface area contributed by atoms with Gasteiger partial charge in [-0.2, -0.15) is 0 Å². The number of aromatic nitrogens is 1. The Morgan fingerprint density at radius 2 is 1.58 bits per heavy atom. The minimum Gasteiger partial charge on any atom is -0.370 e. The maximum absolute atomic E-state index is 12.3. The number of benzene rings is 3. The van der Waals surface area contributed by atoms with Gasteiger partial charge in [-0.05, 0) is 23.3 Å². The standard InChI is InChI=1S/C23H18N2O/c26-15-20-18-11-5-7-13-22(18)25-23(20,16-8-2-1-3-9-16)19-14-24-21-12-6-4-10-17(19)21/h1-15,20,24-25H. The van der Waals surface area contributed by atoms with Gasteiger partial charge < -0.3 is 15.1 Å². The highest BCUT2D eigenvalue weighted by Crippen LogP contribution is 2.52. The number of aldehydes is 1. The zero-order chi connectivity index (χ0) is 17.6. The summed E-state index contributed by atoms with van der Waals surface area (Å²) in [6.45, 7) is 0. The molecule has 0 saturated heterocycles. The smallest absolute Gasteiger partial charge is 0.130 e. The fraction of sp³-hybridized carbons (Fsp3) is 0.0870. The predicted octanol–water partition coefficient (Wildman–Crippen LogP) is 4.82. The summed E-state index contributed by atoms with van der Waals surface area (Å²) in [7, 11) is 0. The molecule has 3 aromatic carbocycles. The van der Waals surface area contributed by atoms with Crippen LogP contribution >= 0.6 is 0 Å². The van der Waals surface area contributed by atoms with Crippen LogP contribution in [0.3, 0.4) is 0 Å². The van der Waals surface area contributed by atoms with Gasteiger partial charge in [-0.3, -0.25) is 0 Å². The number of carbonyl (C=O) groups is 1. The van der Waals surface area contributed by atoms with Crippen LogP contribution in [0, 0.1) is 0 Å². The molecular weight excluding hydrogens is 320 g/mol. The molecule has 126 valence electrons. The van der Waals surface area contributed by atoms with E-state index in [9.17, 15) is 4.79 Å². The maximum Gasteiger partial charge on any atom is 0.130 e. The normalized spacial score (nSPS) is 21.3. The fourth-order valence-electron chi connectivity index (χ4n) is 4.32. The SMILES string of the molecule is O=CC1c2ccccc2NC1(c1ccccc1)c1c[nH]c2ccccc12. The molecule has 1 aliphatic heterocycles. The van der Waals surface area contributed by atoms with Crippen molar-refractivity contribution in [2.45, 2.75) is 11.5 Å². The number of aromatic amines is 1. The van der Waals surface area contributed by atoms with Crippen LogP contribution in [0.2, 0.25) is 0 Å². The van der Waals surface area contributed by atoms with Gasteiger partial charge in [-0.15, -0.1) is 0 Å². The summed E-state index contributed by atoms with van der Waals surface area (Å²) in [5.41, 5.74) is 4.66. The predicted molar refractivity (Wildman–Crippen MR) is 104 cm³/mol. The molecule has 0 amide bonds. The maximum atomic E-state index is 12.3. The first-order valence-electron chi connectivity index (χ1n) is 8.79. The van der Waals surface area contributed by atoms with E-state index in [1.807, 2.05) is 60.8 Å². The summed E-state index contributed by atoms with van der Waals surface area (Å²) < 4.78 is 0. The van der Waals surface area contributed by atoms with Gasteiger partial charge in [0.25, 0.3) is 0 Å². The Bertz CT molecular complexity index is 1100. The number of hydrogen-bond acceptors (Lipinski definition) is 2. The van der Waals surface area contributed by atoms with E-state index in [-0.39, 0.29) is 5.92 Å². The van der Waals surface area contributed by atoms with Crippen LogP contribution in [0.4, 0.5) is 5.69 Å². The van der Waals surface area contributed by atoms with Crippen LogP contribution in [0.1, 0.15) is 22.6 Å². The fourth-order valence-corrected chi connectivity index (χ4v) is 4.32. The van der Waals surface area contributed by atoms with Gasteiger partial charge in [0.1, 0.15) is 11.8 Å². The van der Waals surface area contributed by atoms with Crippen molar-refractivity contribution in [2.24, 2.45) is 0 Å². The van der Waals surface area contributed by atoms with Gasteiger partial charge in [-0.1, -0.05) is 66.7 Å². The lowest BCUT2D eigenvalue weighted by Gasteiger charge is -2.34. The van der Waals surface area contributed by atoms with Crippen LogP contribution in [0.15, 0.2) is 85.1 Å². The summed E-state index contributed by atoms with van der Waals surface area (Å²) in [6.07, 6.45) is 3.11. The van der Waals surface area contributed by atoms with Gasteiger partial charge in [0.15, 0.2) is 0 Å². The second-order valence-corrected chi connectivity index (χ2v) is 6.75. The summed E-state index contributed by atoms with van der Waals surface area (Å²) in [4.78, 5) is 15.7. The van der Waals surface area contributed by atoms with E-state index in [0.717, 1.165) is 39.6 Å². The van der Waals surface area contributed by atoms with E-state index < -0.39 is 5.54 Å². The van der Waals surface area contributed by atoms with Crippen molar-refractivity contribution in [3.8, 4) is 0 Å². The van der Waals surface area contributed by atoms with Crippen molar-refractivity contribution in [3.05, 3.63) is 102 Å². The molecule has 3 heteroatoms. The average molecular weight is 338 g/mol. The lowest BCUT2D eigenvalue weighted by molar-refractivity contribution is -0.109. The van der Waals surface area contributed by atoms with Crippen LogP contribution in [-0.2, 0) is 10.3 Å². The van der Waals surface area contributed by atoms with Gasteiger partial charge in [0.05, 0.1) is 5.92 Å². The van der Waals surface area contributed by atoms with E-state index in [1.54, 1.807) is 0 Å². The van der Waals surface area contributed by atoms with Gasteiger partial charge in [0.2, 0.25) is 0 Å². The Kier molecular flexibility index (Phi) is 3.22. The molecule has 4 aromatic rings. The third-order valence-electron chi connectivity index (χ3n) is 5.47. The molecular formula is C23H18N2O. The van der Waals surface area contributed by atoms with Gasteiger partial charge in [0, 0.05) is 28.4 Å². The zero-order valence-electron chi connectivity index (χ0n) is 14.1. The number of fused-ring (bicyclic) bond motifs is 2. The summed E-state index contributed by atoms with van der Waals surface area (Å²) in [5.74, 6) is -0.305. The van der Waals surface area contributed by atoms with Crippen molar-refractivity contribution in [2.75, 3.05) is 5.32 Å². The first-order valence-corrected chi connectivity index (χ1v) is 8.79. The first kappa shape index (κ1) is 15.0. The number of para-hydroxylation sites is 2. The molecule has 0 fully saturated rings. The van der Waals surface area contributed by atoms with E-state index in [1.165, 1.54) is 0 Å². The molecule has 0 radical (unpaired) electrons. The third-order valence-corrected chi connectivity index (χ3v) is 5.47. The van der Waals surface area contributed by atoms with Crippen LogP contribution in [0.25, 0.3) is 10.9 Å². The lowest BCUT2D eigenvalue weighted by Crippen LogP contribution is -2.38. The number of rotatable bonds is 3. The molecule has 26 heavy (non-hydrogen) atoms. The Morgan fingerprint density at radius 3 is 2.42 bits per heavy atom. The topological polar surface area (TPSA) is 44.9 Å². The van der Waals surface area contributed by atoms with Crippen molar-refractivity contribution in [1.82, 2.24) is 4.98 Å². The Labute approximate surface area is 151 Å². The Hall–Kier alpha value is -3.33. The molecule has 2 N–H and O–H groups in total. The summed E-state index contributed by atoms with van der Waals surface area (Å²) in [5, 5.41) is 4.84. The van der Waals surface area contributed by atoms with Crippen molar-refractivity contribution >= 4 is 22.9 Å². The average Bonchev–Trinajstić information content (AvgIpc) is 3.28. The number of hydrogen-bond donors (Lipinski definition) is 2.